The van der Waals surface area contributed by atoms with Crippen LogP contribution in [0.25, 0.3) is 0 Å². The zero-order valence-electron chi connectivity index (χ0n) is 10.2. The van der Waals surface area contributed by atoms with Crippen molar-refractivity contribution in [2.75, 3.05) is 19.6 Å². The Labute approximate surface area is 112 Å². The molecule has 17 heavy (non-hydrogen) atoms. The minimum atomic E-state index is 0.193. The summed E-state index contributed by atoms with van der Waals surface area (Å²) in [6.45, 7) is 5.43. The number of hydrogen-bond donors (Lipinski definition) is 0. The van der Waals surface area contributed by atoms with E-state index in [2.05, 4.69) is 4.90 Å². The van der Waals surface area contributed by atoms with Gasteiger partial charge in [0.05, 0.1) is 0 Å². The predicted molar refractivity (Wildman–Crippen MR) is 73.3 cm³/mol. The van der Waals surface area contributed by atoms with Gasteiger partial charge in [-0.3, -0.25) is 4.79 Å². The summed E-state index contributed by atoms with van der Waals surface area (Å²) >= 11 is 7.52. The van der Waals surface area contributed by atoms with Gasteiger partial charge in [-0.25, -0.2) is 0 Å². The maximum atomic E-state index is 12.0. The lowest BCUT2D eigenvalue weighted by Gasteiger charge is -2.13. The van der Waals surface area contributed by atoms with E-state index < -0.39 is 0 Å². The molecular formula is C13H18ClNOS. The summed E-state index contributed by atoms with van der Waals surface area (Å²) in [6.07, 6.45) is 4.18. The van der Waals surface area contributed by atoms with Gasteiger partial charge in [0.2, 0.25) is 0 Å². The van der Waals surface area contributed by atoms with Gasteiger partial charge in [-0.15, -0.1) is 11.3 Å². The molecule has 1 saturated heterocycles. The molecule has 1 fully saturated rings. The third kappa shape index (κ3) is 3.54. The van der Waals surface area contributed by atoms with E-state index in [1.165, 1.54) is 37.3 Å². The van der Waals surface area contributed by atoms with Gasteiger partial charge in [0, 0.05) is 16.9 Å². The van der Waals surface area contributed by atoms with Gasteiger partial charge in [0.15, 0.2) is 5.78 Å². The van der Waals surface area contributed by atoms with Gasteiger partial charge in [-0.1, -0.05) is 11.6 Å². The fourth-order valence-electron chi connectivity index (χ4n) is 2.28. The summed E-state index contributed by atoms with van der Waals surface area (Å²) in [5.74, 6) is 0.193. The number of rotatable bonds is 5. The number of aryl methyl sites for hydroxylation is 1. The molecule has 0 bridgehead atoms. The smallest absolute Gasteiger partial charge is 0.165 e. The molecule has 2 rings (SSSR count). The molecule has 0 N–H and O–H groups in total. The fraction of sp³-hybridized carbons (Fsp3) is 0.615. The number of halogens is 1. The first kappa shape index (κ1) is 13.1. The molecule has 0 unspecified atom stereocenters. The van der Waals surface area contributed by atoms with Crippen molar-refractivity contribution < 1.29 is 4.79 Å². The first-order valence-electron chi connectivity index (χ1n) is 6.18. The molecule has 0 radical (unpaired) electrons. The van der Waals surface area contributed by atoms with Crippen LogP contribution in [-0.2, 0) is 0 Å². The maximum Gasteiger partial charge on any atom is 0.165 e. The molecule has 0 saturated carbocycles. The van der Waals surface area contributed by atoms with Crippen LogP contribution in [0.5, 0.6) is 0 Å². The Morgan fingerprint density at radius 3 is 2.76 bits per heavy atom. The van der Waals surface area contributed by atoms with E-state index in [0.717, 1.165) is 23.4 Å². The molecule has 1 aliphatic rings. The average molecular weight is 272 g/mol. The molecule has 0 atom stereocenters. The van der Waals surface area contributed by atoms with Crippen molar-refractivity contribution in [3.8, 4) is 0 Å². The first-order valence-corrected chi connectivity index (χ1v) is 7.38. The number of likely N-dealkylation sites (tertiary alicyclic amines) is 1. The molecule has 0 amide bonds. The van der Waals surface area contributed by atoms with E-state index in [0.29, 0.717) is 10.8 Å². The highest BCUT2D eigenvalue weighted by atomic mass is 35.5. The van der Waals surface area contributed by atoms with Crippen molar-refractivity contribution in [2.24, 2.45) is 0 Å². The van der Waals surface area contributed by atoms with Gasteiger partial charge in [0.25, 0.3) is 0 Å². The molecule has 0 aliphatic carbocycles. The summed E-state index contributed by atoms with van der Waals surface area (Å²) in [6, 6.07) is 1.91. The highest BCUT2D eigenvalue weighted by Gasteiger charge is 2.15. The minimum Gasteiger partial charge on any atom is -0.303 e. The monoisotopic (exact) mass is 271 g/mol. The van der Waals surface area contributed by atoms with Crippen LogP contribution in [0.4, 0.5) is 0 Å². The standard InChI is InChI=1S/C13H18ClNOS/c1-10-9-11(13(14)17-10)12(16)5-4-8-15-6-2-3-7-15/h9H,2-8H2,1H3. The topological polar surface area (TPSA) is 20.3 Å². The lowest BCUT2D eigenvalue weighted by atomic mass is 10.1. The van der Waals surface area contributed by atoms with Crippen molar-refractivity contribution in [3.05, 3.63) is 20.8 Å². The van der Waals surface area contributed by atoms with E-state index in [-0.39, 0.29) is 5.78 Å². The van der Waals surface area contributed by atoms with Crippen LogP contribution in [0.1, 0.15) is 40.9 Å². The third-order valence-electron chi connectivity index (χ3n) is 3.19. The lowest BCUT2D eigenvalue weighted by Crippen LogP contribution is -2.21. The number of carbonyl (C=O) groups is 1. The molecule has 4 heteroatoms. The van der Waals surface area contributed by atoms with E-state index in [4.69, 9.17) is 11.6 Å². The summed E-state index contributed by atoms with van der Waals surface area (Å²) < 4.78 is 0.647. The minimum absolute atomic E-state index is 0.193. The maximum absolute atomic E-state index is 12.0. The number of carbonyl (C=O) groups excluding carboxylic acids is 1. The van der Waals surface area contributed by atoms with Crippen molar-refractivity contribution in [1.29, 1.82) is 0 Å². The SMILES string of the molecule is Cc1cc(C(=O)CCCN2CCCC2)c(Cl)s1. The first-order chi connectivity index (χ1) is 8.16. The van der Waals surface area contributed by atoms with Crippen LogP contribution in [-0.4, -0.2) is 30.3 Å². The van der Waals surface area contributed by atoms with Crippen molar-refractivity contribution in [2.45, 2.75) is 32.6 Å². The second-order valence-corrected chi connectivity index (χ2v) is 6.48. The summed E-state index contributed by atoms with van der Waals surface area (Å²) in [5, 5.41) is 0. The Morgan fingerprint density at radius 1 is 1.47 bits per heavy atom. The van der Waals surface area contributed by atoms with E-state index in [9.17, 15) is 4.79 Å². The van der Waals surface area contributed by atoms with Crippen LogP contribution in [0.3, 0.4) is 0 Å². The van der Waals surface area contributed by atoms with E-state index in [1.54, 1.807) is 0 Å². The molecule has 94 valence electrons. The van der Waals surface area contributed by atoms with Gasteiger partial charge >= 0.3 is 0 Å². The summed E-state index contributed by atoms with van der Waals surface area (Å²) in [4.78, 5) is 15.5. The van der Waals surface area contributed by atoms with Gasteiger partial charge in [0.1, 0.15) is 4.34 Å². The second-order valence-electron chi connectivity index (χ2n) is 4.62. The quantitative estimate of drug-likeness (QED) is 0.760. The van der Waals surface area contributed by atoms with Gasteiger partial charge < -0.3 is 4.90 Å². The number of Topliss-reactive ketones (excluding diaryl/α,β-unsaturated/α-hetero) is 1. The Kier molecular flexibility index (Phi) is 4.60. The predicted octanol–water partition coefficient (Wildman–Crippen LogP) is 3.77. The zero-order chi connectivity index (χ0) is 12.3. The normalized spacial score (nSPS) is 16.6. The molecular weight excluding hydrogens is 254 g/mol. The number of ketones is 1. The molecule has 0 spiro atoms. The second kappa shape index (κ2) is 5.98. The number of hydrogen-bond acceptors (Lipinski definition) is 3. The van der Waals surface area contributed by atoms with Crippen LogP contribution < -0.4 is 0 Å². The lowest BCUT2D eigenvalue weighted by molar-refractivity contribution is 0.0976. The highest BCUT2D eigenvalue weighted by molar-refractivity contribution is 7.16. The molecule has 2 heterocycles. The van der Waals surface area contributed by atoms with Crippen LogP contribution in [0, 0.1) is 6.92 Å². The summed E-state index contributed by atoms with van der Waals surface area (Å²) in [5.41, 5.74) is 0.718. The summed E-state index contributed by atoms with van der Waals surface area (Å²) in [7, 11) is 0. The van der Waals surface area contributed by atoms with Gasteiger partial charge in [-0.05, 0) is 51.9 Å². The van der Waals surface area contributed by atoms with Crippen molar-refractivity contribution in [3.63, 3.8) is 0 Å². The third-order valence-corrected chi connectivity index (χ3v) is 4.46. The Balaban J connectivity index is 1.78. The van der Waals surface area contributed by atoms with Crippen LogP contribution in [0.15, 0.2) is 6.07 Å². The Bertz CT molecular complexity index is 396. The molecule has 1 aromatic heterocycles. The Morgan fingerprint density at radius 2 is 2.18 bits per heavy atom. The van der Waals surface area contributed by atoms with Crippen molar-refractivity contribution in [1.82, 2.24) is 4.90 Å². The molecule has 1 aromatic rings. The van der Waals surface area contributed by atoms with Crippen molar-refractivity contribution >= 4 is 28.7 Å². The average Bonchev–Trinajstić information content (AvgIpc) is 2.88. The zero-order valence-corrected chi connectivity index (χ0v) is 11.7. The van der Waals surface area contributed by atoms with E-state index in [1.807, 2.05) is 13.0 Å². The molecule has 1 aliphatic heterocycles. The van der Waals surface area contributed by atoms with E-state index >= 15 is 0 Å². The number of nitrogens with zero attached hydrogens (tertiary/aromatic N) is 1. The van der Waals surface area contributed by atoms with Crippen LogP contribution >= 0.6 is 22.9 Å². The highest BCUT2D eigenvalue weighted by Crippen LogP contribution is 2.28. The van der Waals surface area contributed by atoms with Crippen LogP contribution in [0.2, 0.25) is 4.34 Å². The number of thiophene rings is 1. The fourth-order valence-corrected chi connectivity index (χ4v) is 3.55. The molecule has 2 nitrogen and oxygen atoms in total. The molecule has 0 aromatic carbocycles. The Hall–Kier alpha value is -0.380. The largest absolute Gasteiger partial charge is 0.303 e. The van der Waals surface area contributed by atoms with Gasteiger partial charge in [-0.2, -0.15) is 0 Å².